The van der Waals surface area contributed by atoms with Gasteiger partial charge in [-0.05, 0) is 41.5 Å². The van der Waals surface area contributed by atoms with Gasteiger partial charge in [-0.15, -0.1) is 0 Å². The number of nitrogens with two attached hydrogens (primary N) is 1. The van der Waals surface area contributed by atoms with Crippen molar-refractivity contribution in [1.29, 1.82) is 0 Å². The zero-order chi connectivity index (χ0) is 12.4. The van der Waals surface area contributed by atoms with Gasteiger partial charge in [0.15, 0.2) is 0 Å². The standard InChI is InChI=1S/C13H10Cl2FN/c14-12-4-1-8(5-9(12)7-17)11-3-2-10(16)6-13(11)15/h1-6H,7,17H2. The van der Waals surface area contributed by atoms with Crippen molar-refractivity contribution in [2.45, 2.75) is 6.54 Å². The van der Waals surface area contributed by atoms with Gasteiger partial charge in [-0.3, -0.25) is 0 Å². The lowest BCUT2D eigenvalue weighted by molar-refractivity contribution is 0.628. The maximum Gasteiger partial charge on any atom is 0.124 e. The summed E-state index contributed by atoms with van der Waals surface area (Å²) in [6.45, 7) is 0.353. The Hall–Kier alpha value is -1.09. The normalized spacial score (nSPS) is 10.6. The van der Waals surface area contributed by atoms with E-state index in [1.807, 2.05) is 12.1 Å². The van der Waals surface area contributed by atoms with Gasteiger partial charge in [0.25, 0.3) is 0 Å². The van der Waals surface area contributed by atoms with Crippen LogP contribution in [0.1, 0.15) is 5.56 Å². The molecular weight excluding hydrogens is 260 g/mol. The highest BCUT2D eigenvalue weighted by molar-refractivity contribution is 6.33. The topological polar surface area (TPSA) is 26.0 Å². The Labute approximate surface area is 109 Å². The predicted molar refractivity (Wildman–Crippen MR) is 69.7 cm³/mol. The van der Waals surface area contributed by atoms with E-state index in [9.17, 15) is 4.39 Å². The van der Waals surface area contributed by atoms with Crippen molar-refractivity contribution in [1.82, 2.24) is 0 Å². The number of halogens is 3. The van der Waals surface area contributed by atoms with E-state index < -0.39 is 0 Å². The molecule has 2 aromatic rings. The molecule has 0 aromatic heterocycles. The van der Waals surface area contributed by atoms with Gasteiger partial charge >= 0.3 is 0 Å². The highest BCUT2D eigenvalue weighted by Crippen LogP contribution is 2.30. The SMILES string of the molecule is NCc1cc(-c2ccc(F)cc2Cl)ccc1Cl. The molecule has 0 bridgehead atoms. The number of rotatable bonds is 2. The predicted octanol–water partition coefficient (Wildman–Crippen LogP) is 4.26. The zero-order valence-electron chi connectivity index (χ0n) is 8.88. The molecule has 0 spiro atoms. The Balaban J connectivity index is 2.53. The quantitative estimate of drug-likeness (QED) is 0.866. The molecule has 0 saturated carbocycles. The molecule has 0 atom stereocenters. The van der Waals surface area contributed by atoms with Crippen LogP contribution in [0.15, 0.2) is 36.4 Å². The van der Waals surface area contributed by atoms with Crippen LogP contribution in [0.2, 0.25) is 10.0 Å². The molecule has 4 heteroatoms. The molecule has 0 aliphatic heterocycles. The molecule has 0 aliphatic carbocycles. The molecule has 0 heterocycles. The van der Waals surface area contributed by atoms with Crippen molar-refractivity contribution < 1.29 is 4.39 Å². The molecule has 88 valence electrons. The van der Waals surface area contributed by atoms with Gasteiger partial charge in [0.05, 0.1) is 5.02 Å². The summed E-state index contributed by atoms with van der Waals surface area (Å²) >= 11 is 12.0. The number of hydrogen-bond donors (Lipinski definition) is 1. The average molecular weight is 270 g/mol. The largest absolute Gasteiger partial charge is 0.326 e. The summed E-state index contributed by atoms with van der Waals surface area (Å²) in [4.78, 5) is 0. The van der Waals surface area contributed by atoms with E-state index in [-0.39, 0.29) is 5.82 Å². The van der Waals surface area contributed by atoms with Crippen LogP contribution in [-0.2, 0) is 6.54 Å². The van der Waals surface area contributed by atoms with E-state index in [0.717, 1.165) is 16.7 Å². The first-order chi connectivity index (χ1) is 8.11. The summed E-state index contributed by atoms with van der Waals surface area (Å²) < 4.78 is 12.9. The molecular formula is C13H10Cl2FN. The van der Waals surface area contributed by atoms with Crippen LogP contribution in [0.4, 0.5) is 4.39 Å². The van der Waals surface area contributed by atoms with Gasteiger partial charge in [0.1, 0.15) is 5.82 Å². The van der Waals surface area contributed by atoms with Crippen molar-refractivity contribution in [3.63, 3.8) is 0 Å². The third kappa shape index (κ3) is 2.60. The molecule has 0 aliphatic rings. The smallest absolute Gasteiger partial charge is 0.124 e. The van der Waals surface area contributed by atoms with E-state index in [4.69, 9.17) is 28.9 Å². The fourth-order valence-corrected chi connectivity index (χ4v) is 2.09. The summed E-state index contributed by atoms with van der Waals surface area (Å²) in [6, 6.07) is 9.76. The van der Waals surface area contributed by atoms with Crippen molar-refractivity contribution >= 4 is 23.2 Å². The highest BCUT2D eigenvalue weighted by atomic mass is 35.5. The van der Waals surface area contributed by atoms with Crippen LogP contribution in [0.5, 0.6) is 0 Å². The fraction of sp³-hybridized carbons (Fsp3) is 0.0769. The monoisotopic (exact) mass is 269 g/mol. The Morgan fingerprint density at radius 2 is 1.76 bits per heavy atom. The maximum absolute atomic E-state index is 12.9. The Kier molecular flexibility index (Phi) is 3.67. The lowest BCUT2D eigenvalue weighted by Crippen LogP contribution is -1.97. The Morgan fingerprint density at radius 3 is 2.41 bits per heavy atom. The van der Waals surface area contributed by atoms with E-state index >= 15 is 0 Å². The molecule has 0 unspecified atom stereocenters. The molecule has 2 rings (SSSR count). The minimum Gasteiger partial charge on any atom is -0.326 e. The maximum atomic E-state index is 12.9. The molecule has 17 heavy (non-hydrogen) atoms. The third-order valence-corrected chi connectivity index (χ3v) is 3.19. The van der Waals surface area contributed by atoms with E-state index in [1.54, 1.807) is 12.1 Å². The van der Waals surface area contributed by atoms with Gasteiger partial charge in [-0.1, -0.05) is 29.3 Å². The minimum absolute atomic E-state index is 0.353. The Bertz CT molecular complexity index is 555. The van der Waals surface area contributed by atoms with Crippen LogP contribution in [0.3, 0.4) is 0 Å². The molecule has 1 nitrogen and oxygen atoms in total. The van der Waals surface area contributed by atoms with E-state index in [1.165, 1.54) is 12.1 Å². The van der Waals surface area contributed by atoms with Crippen LogP contribution >= 0.6 is 23.2 Å². The first-order valence-electron chi connectivity index (χ1n) is 5.05. The van der Waals surface area contributed by atoms with Gasteiger partial charge in [-0.25, -0.2) is 4.39 Å². The first kappa shape index (κ1) is 12.4. The van der Waals surface area contributed by atoms with E-state index in [2.05, 4.69) is 0 Å². The Morgan fingerprint density at radius 1 is 1.00 bits per heavy atom. The second-order valence-corrected chi connectivity index (χ2v) is 4.45. The summed E-state index contributed by atoms with van der Waals surface area (Å²) in [6.07, 6.45) is 0. The fourth-order valence-electron chi connectivity index (χ4n) is 1.62. The second-order valence-electron chi connectivity index (χ2n) is 3.63. The summed E-state index contributed by atoms with van der Waals surface area (Å²) in [5, 5.41) is 0.991. The van der Waals surface area contributed by atoms with Crippen molar-refractivity contribution in [2.24, 2.45) is 5.73 Å². The van der Waals surface area contributed by atoms with Crippen molar-refractivity contribution in [2.75, 3.05) is 0 Å². The van der Waals surface area contributed by atoms with Crippen molar-refractivity contribution in [3.05, 3.63) is 57.8 Å². The van der Waals surface area contributed by atoms with Gasteiger partial charge in [-0.2, -0.15) is 0 Å². The van der Waals surface area contributed by atoms with Gasteiger partial charge in [0, 0.05) is 17.1 Å². The summed E-state index contributed by atoms with van der Waals surface area (Å²) in [5.41, 5.74) is 8.06. The summed E-state index contributed by atoms with van der Waals surface area (Å²) in [7, 11) is 0. The molecule has 0 fully saturated rings. The first-order valence-corrected chi connectivity index (χ1v) is 5.81. The molecule has 0 saturated heterocycles. The van der Waals surface area contributed by atoms with Crippen molar-refractivity contribution in [3.8, 4) is 11.1 Å². The van der Waals surface area contributed by atoms with Crippen LogP contribution in [0, 0.1) is 5.82 Å². The van der Waals surface area contributed by atoms with Crippen LogP contribution < -0.4 is 5.73 Å². The van der Waals surface area contributed by atoms with Crippen LogP contribution in [-0.4, -0.2) is 0 Å². The van der Waals surface area contributed by atoms with Gasteiger partial charge < -0.3 is 5.73 Å². The summed E-state index contributed by atoms with van der Waals surface area (Å²) in [5.74, 6) is -0.355. The highest BCUT2D eigenvalue weighted by Gasteiger charge is 2.07. The lowest BCUT2D eigenvalue weighted by Gasteiger charge is -2.08. The lowest BCUT2D eigenvalue weighted by atomic mass is 10.0. The van der Waals surface area contributed by atoms with Gasteiger partial charge in [0.2, 0.25) is 0 Å². The zero-order valence-corrected chi connectivity index (χ0v) is 10.4. The van der Waals surface area contributed by atoms with Crippen LogP contribution in [0.25, 0.3) is 11.1 Å². The molecule has 2 N–H and O–H groups in total. The second kappa shape index (κ2) is 5.05. The van der Waals surface area contributed by atoms with E-state index in [0.29, 0.717) is 16.6 Å². The molecule has 0 radical (unpaired) electrons. The number of benzene rings is 2. The third-order valence-electron chi connectivity index (χ3n) is 2.51. The molecule has 2 aromatic carbocycles. The number of hydrogen-bond acceptors (Lipinski definition) is 1. The average Bonchev–Trinajstić information content (AvgIpc) is 2.30. The molecule has 0 amide bonds. The minimum atomic E-state index is -0.355.